The summed E-state index contributed by atoms with van der Waals surface area (Å²) in [6, 6.07) is 19.6. The maximum atomic E-state index is 13.7. The van der Waals surface area contributed by atoms with Gasteiger partial charge >= 0.3 is 5.97 Å². The molecule has 5 N–H and O–H groups in total. The first-order valence-corrected chi connectivity index (χ1v) is 19.3. The van der Waals surface area contributed by atoms with Crippen LogP contribution in [0.3, 0.4) is 0 Å². The van der Waals surface area contributed by atoms with Crippen molar-refractivity contribution in [2.75, 3.05) is 26.7 Å². The molecule has 0 fully saturated rings. The van der Waals surface area contributed by atoms with Crippen LogP contribution in [0.4, 0.5) is 0 Å². The number of unbranched alkanes of at least 4 members (excludes halogenated alkanes) is 4. The highest BCUT2D eigenvalue weighted by Gasteiger charge is 2.30. The van der Waals surface area contributed by atoms with Crippen LogP contribution in [0.2, 0.25) is 0 Å². The number of carboxylic acids is 1. The number of nitrogens with one attached hydrogen (secondary N) is 2. The van der Waals surface area contributed by atoms with Crippen molar-refractivity contribution in [1.29, 1.82) is 0 Å². The molecule has 2 atom stereocenters. The molecule has 4 rings (SSSR count). The number of benzene rings is 3. The largest absolute Gasteiger partial charge is 0.494 e. The highest BCUT2D eigenvalue weighted by molar-refractivity contribution is 5.98. The van der Waals surface area contributed by atoms with E-state index < -0.39 is 42.2 Å². The molecule has 298 valence electrons. The molecule has 0 spiro atoms. The van der Waals surface area contributed by atoms with E-state index in [9.17, 15) is 24.3 Å². The van der Waals surface area contributed by atoms with E-state index in [-0.39, 0.29) is 24.9 Å². The number of amides is 3. The third kappa shape index (κ3) is 13.0. The Morgan fingerprint density at radius 3 is 2.02 bits per heavy atom. The second-order valence-electron chi connectivity index (χ2n) is 15.0. The maximum absolute atomic E-state index is 13.7. The number of likely N-dealkylation sites (N-methyl/N-ethyl adjacent to an activating group) is 1. The molecule has 0 saturated heterocycles. The Kier molecular flexibility index (Phi) is 16.1. The van der Waals surface area contributed by atoms with Crippen LogP contribution >= 0.6 is 0 Å². The fourth-order valence-electron chi connectivity index (χ4n) is 5.98. The van der Waals surface area contributed by atoms with Crippen molar-refractivity contribution in [1.82, 2.24) is 25.5 Å². The molecule has 0 radical (unpaired) electrons. The smallest absolute Gasteiger partial charge is 0.326 e. The lowest BCUT2D eigenvalue weighted by atomic mass is 9.86. The fourth-order valence-corrected chi connectivity index (χ4v) is 5.98. The van der Waals surface area contributed by atoms with Gasteiger partial charge in [0.05, 0.1) is 13.0 Å². The average molecular weight is 765 g/mol. The minimum Gasteiger partial charge on any atom is -0.494 e. The van der Waals surface area contributed by atoms with Gasteiger partial charge in [0, 0.05) is 55.6 Å². The molecule has 0 aliphatic carbocycles. The van der Waals surface area contributed by atoms with Crippen LogP contribution in [-0.4, -0.2) is 82.5 Å². The zero-order valence-corrected chi connectivity index (χ0v) is 33.2. The normalized spacial score (nSPS) is 12.3. The summed E-state index contributed by atoms with van der Waals surface area (Å²) in [6.07, 6.45) is 9.04. The Morgan fingerprint density at radius 1 is 0.804 bits per heavy atom. The molecule has 12 heteroatoms. The Hall–Kier alpha value is -5.62. The van der Waals surface area contributed by atoms with Crippen molar-refractivity contribution in [3.8, 4) is 28.3 Å². The zero-order valence-electron chi connectivity index (χ0n) is 33.2. The monoisotopic (exact) mass is 764 g/mol. The van der Waals surface area contributed by atoms with E-state index in [4.69, 9.17) is 10.5 Å². The Balaban J connectivity index is 1.46. The summed E-state index contributed by atoms with van der Waals surface area (Å²) in [5, 5.41) is 15.1. The summed E-state index contributed by atoms with van der Waals surface area (Å²) < 4.78 is 5.89. The third-order valence-corrected chi connectivity index (χ3v) is 9.53. The number of hydrogen-bond acceptors (Lipinski definition) is 8. The lowest BCUT2D eigenvalue weighted by Crippen LogP contribution is -2.53. The predicted octanol–water partition coefficient (Wildman–Crippen LogP) is 6.18. The summed E-state index contributed by atoms with van der Waals surface area (Å²) in [5.74, 6) is -1.75. The van der Waals surface area contributed by atoms with Crippen molar-refractivity contribution in [3.63, 3.8) is 0 Å². The minimum absolute atomic E-state index is 0.0453. The van der Waals surface area contributed by atoms with Gasteiger partial charge in [-0.3, -0.25) is 14.4 Å². The van der Waals surface area contributed by atoms with E-state index >= 15 is 0 Å². The first-order valence-electron chi connectivity index (χ1n) is 19.3. The maximum Gasteiger partial charge on any atom is 0.326 e. The number of carbonyl (C=O) groups excluding carboxylic acids is 3. The molecule has 2 unspecified atom stereocenters. The van der Waals surface area contributed by atoms with Crippen LogP contribution in [0, 0.1) is 0 Å². The van der Waals surface area contributed by atoms with E-state index in [1.54, 1.807) is 36.7 Å². The number of hydrogen-bond donors (Lipinski definition) is 4. The number of rotatable bonds is 20. The van der Waals surface area contributed by atoms with E-state index in [1.165, 1.54) is 37.6 Å². The van der Waals surface area contributed by atoms with Crippen LogP contribution < -0.4 is 21.1 Å². The van der Waals surface area contributed by atoms with Crippen LogP contribution in [-0.2, 0) is 26.2 Å². The molecular weight excluding hydrogens is 709 g/mol. The average Bonchev–Trinajstić information content (AvgIpc) is 3.19. The number of nitrogens with zero attached hydrogens (tertiary/aromatic N) is 3. The van der Waals surface area contributed by atoms with Crippen LogP contribution in [0.15, 0.2) is 85.2 Å². The van der Waals surface area contributed by atoms with E-state index in [1.807, 2.05) is 48.5 Å². The van der Waals surface area contributed by atoms with Gasteiger partial charge in [-0.1, -0.05) is 102 Å². The summed E-state index contributed by atoms with van der Waals surface area (Å²) in [4.78, 5) is 62.4. The molecule has 3 aromatic carbocycles. The van der Waals surface area contributed by atoms with Gasteiger partial charge in [0.2, 0.25) is 11.8 Å². The van der Waals surface area contributed by atoms with Crippen molar-refractivity contribution in [2.45, 2.75) is 90.1 Å². The second-order valence-corrected chi connectivity index (χ2v) is 15.0. The van der Waals surface area contributed by atoms with Gasteiger partial charge < -0.3 is 31.1 Å². The fraction of sp³-hybridized carbons (Fsp3) is 0.409. The van der Waals surface area contributed by atoms with Crippen LogP contribution in [0.1, 0.15) is 87.7 Å². The highest BCUT2D eigenvalue weighted by atomic mass is 16.5. The van der Waals surface area contributed by atoms with Gasteiger partial charge in [0.25, 0.3) is 5.91 Å². The molecule has 1 aromatic heterocycles. The van der Waals surface area contributed by atoms with Gasteiger partial charge in [-0.2, -0.15) is 0 Å². The van der Waals surface area contributed by atoms with E-state index in [2.05, 4.69) is 48.3 Å². The molecule has 0 aliphatic rings. The second kappa shape index (κ2) is 20.9. The summed E-state index contributed by atoms with van der Waals surface area (Å²) in [7, 11) is 1.51. The van der Waals surface area contributed by atoms with Crippen LogP contribution in [0.5, 0.6) is 5.75 Å². The first kappa shape index (κ1) is 43.1. The van der Waals surface area contributed by atoms with Gasteiger partial charge in [-0.15, -0.1) is 0 Å². The molecule has 0 aliphatic heterocycles. The Labute approximate surface area is 330 Å². The lowest BCUT2D eigenvalue weighted by Gasteiger charge is -2.23. The number of nitrogens with two attached hydrogens (primary N) is 1. The van der Waals surface area contributed by atoms with Crippen molar-refractivity contribution in [2.24, 2.45) is 5.73 Å². The number of carbonyl (C=O) groups is 4. The molecule has 12 nitrogen and oxygen atoms in total. The SMILES string of the molecule is CCCCCCCOc1ccc(-c2cnc(-c3ccc(CC(NC(=O)c4ccc(C(C)(C)C)cc4)C(=O)NC(CC(=O)N(C)CCN)C(=O)O)cc3)nc2)cc1. The third-order valence-electron chi connectivity index (χ3n) is 9.53. The standard InChI is InChI=1S/C44H56N6O6/c1-6-7-8-9-10-25-56-36-21-17-31(18-22-36)34-28-46-40(47-29-34)32-13-11-30(12-14-32)26-37(48-41(52)33-15-19-35(20-16-33)44(2,3)4)42(53)49-38(43(54)55)27-39(51)50(5)24-23-45/h11-22,28-29,37-38H,6-10,23-27,45H2,1-5H3,(H,48,52)(H,49,53)(H,54,55). The van der Waals surface area contributed by atoms with Gasteiger partial charge in [-0.05, 0) is 52.8 Å². The van der Waals surface area contributed by atoms with Crippen LogP contribution in [0.25, 0.3) is 22.5 Å². The first-order chi connectivity index (χ1) is 26.8. The lowest BCUT2D eigenvalue weighted by molar-refractivity contribution is -0.145. The predicted molar refractivity (Wildman–Crippen MR) is 218 cm³/mol. The molecule has 3 amide bonds. The number of aliphatic carboxylic acids is 1. The topological polar surface area (TPSA) is 177 Å². The Bertz CT molecular complexity index is 1870. The van der Waals surface area contributed by atoms with E-state index in [0.717, 1.165) is 34.4 Å². The number of aromatic nitrogens is 2. The van der Waals surface area contributed by atoms with Gasteiger partial charge in [0.15, 0.2) is 5.82 Å². The van der Waals surface area contributed by atoms with Gasteiger partial charge in [0.1, 0.15) is 17.8 Å². The molecule has 0 saturated carbocycles. The summed E-state index contributed by atoms with van der Waals surface area (Å²) in [5.41, 5.74) is 10.1. The van der Waals surface area contributed by atoms with Gasteiger partial charge in [-0.25, -0.2) is 14.8 Å². The van der Waals surface area contributed by atoms with Crippen molar-refractivity contribution < 1.29 is 29.0 Å². The molecule has 4 aromatic rings. The van der Waals surface area contributed by atoms with Crippen molar-refractivity contribution in [3.05, 3.63) is 102 Å². The number of ether oxygens (including phenoxy) is 1. The molecule has 56 heavy (non-hydrogen) atoms. The van der Waals surface area contributed by atoms with Crippen molar-refractivity contribution >= 4 is 23.7 Å². The highest BCUT2D eigenvalue weighted by Crippen LogP contribution is 2.25. The minimum atomic E-state index is -1.51. The number of carboxylic acid groups (broad SMARTS) is 1. The molecular formula is C44H56N6O6. The summed E-state index contributed by atoms with van der Waals surface area (Å²) >= 11 is 0. The zero-order chi connectivity index (χ0) is 40.7. The quantitative estimate of drug-likeness (QED) is 0.0767. The van der Waals surface area contributed by atoms with E-state index in [0.29, 0.717) is 23.6 Å². The molecule has 0 bridgehead atoms. The Morgan fingerprint density at radius 2 is 1.43 bits per heavy atom. The molecule has 1 heterocycles. The summed E-state index contributed by atoms with van der Waals surface area (Å²) in [6.45, 7) is 9.56.